The molecule has 0 aliphatic heterocycles. The highest BCUT2D eigenvalue weighted by Crippen LogP contribution is 2.23. The number of aliphatic hydroxyl groups is 1. The number of likely N-dealkylation sites (N-methyl/N-ethyl adjacent to an activating group) is 1. The van der Waals surface area contributed by atoms with E-state index in [1.807, 2.05) is 27.7 Å². The Morgan fingerprint density at radius 2 is 1.80 bits per heavy atom. The van der Waals surface area contributed by atoms with Crippen molar-refractivity contribution in [1.82, 2.24) is 4.90 Å². The van der Waals surface area contributed by atoms with Crippen molar-refractivity contribution in [1.29, 1.82) is 0 Å². The van der Waals surface area contributed by atoms with Crippen LogP contribution in [0.4, 0.5) is 0 Å². The van der Waals surface area contributed by atoms with Crippen LogP contribution < -0.4 is 0 Å². The number of rotatable bonds is 5. The van der Waals surface area contributed by atoms with Crippen LogP contribution in [0.5, 0.6) is 0 Å². The van der Waals surface area contributed by atoms with Gasteiger partial charge in [0.25, 0.3) is 5.91 Å². The zero-order valence-corrected chi connectivity index (χ0v) is 10.5. The molecule has 0 aliphatic carbocycles. The van der Waals surface area contributed by atoms with E-state index in [0.29, 0.717) is 19.5 Å². The minimum absolute atomic E-state index is 0.189. The van der Waals surface area contributed by atoms with Crippen LogP contribution in [0.3, 0.4) is 0 Å². The topological polar surface area (TPSA) is 40.5 Å². The van der Waals surface area contributed by atoms with Gasteiger partial charge in [-0.15, -0.1) is 0 Å². The second-order valence-corrected chi connectivity index (χ2v) is 3.66. The number of nitrogens with zero attached hydrogens (tertiary/aromatic N) is 1. The molecule has 0 aromatic heterocycles. The molecule has 15 heavy (non-hydrogen) atoms. The fourth-order valence-electron chi connectivity index (χ4n) is 1.61. The molecule has 0 saturated carbocycles. The fraction of sp³-hybridized carbons (Fsp3) is 0.750. The first-order valence-electron chi connectivity index (χ1n) is 5.62. The molecule has 1 atom stereocenters. The Hall–Kier alpha value is -0.830. The fourth-order valence-corrected chi connectivity index (χ4v) is 1.61. The Kier molecular flexibility index (Phi) is 5.58. The van der Waals surface area contributed by atoms with Crippen molar-refractivity contribution in [2.24, 2.45) is 0 Å². The van der Waals surface area contributed by atoms with Crippen molar-refractivity contribution in [2.45, 2.75) is 46.6 Å². The van der Waals surface area contributed by atoms with Crippen molar-refractivity contribution < 1.29 is 9.90 Å². The molecule has 1 unspecified atom stereocenters. The summed E-state index contributed by atoms with van der Waals surface area (Å²) in [5.74, 6) is -0.189. The van der Waals surface area contributed by atoms with E-state index in [9.17, 15) is 9.90 Å². The third-order valence-corrected chi connectivity index (χ3v) is 3.00. The summed E-state index contributed by atoms with van der Waals surface area (Å²) in [6, 6.07) is 0. The second-order valence-electron chi connectivity index (χ2n) is 3.66. The minimum atomic E-state index is -1.32. The molecule has 0 aromatic carbocycles. The number of hydrogen-bond donors (Lipinski definition) is 1. The summed E-state index contributed by atoms with van der Waals surface area (Å²) in [6.07, 6.45) is 2.21. The van der Waals surface area contributed by atoms with Gasteiger partial charge < -0.3 is 10.0 Å². The lowest BCUT2D eigenvalue weighted by Gasteiger charge is -2.32. The first kappa shape index (κ1) is 14.2. The molecule has 88 valence electrons. The van der Waals surface area contributed by atoms with Crippen LogP contribution >= 0.6 is 0 Å². The van der Waals surface area contributed by atoms with Crippen LogP contribution in [0.15, 0.2) is 11.6 Å². The van der Waals surface area contributed by atoms with Crippen LogP contribution in [0.2, 0.25) is 0 Å². The summed E-state index contributed by atoms with van der Waals surface area (Å²) in [4.78, 5) is 13.8. The summed E-state index contributed by atoms with van der Waals surface area (Å²) in [6.45, 7) is 10.6. The van der Waals surface area contributed by atoms with Crippen LogP contribution in [0.25, 0.3) is 0 Å². The molecule has 0 fully saturated rings. The highest BCUT2D eigenvalue weighted by molar-refractivity contribution is 5.88. The smallest absolute Gasteiger partial charge is 0.258 e. The Labute approximate surface area is 92.8 Å². The van der Waals surface area contributed by atoms with Gasteiger partial charge >= 0.3 is 0 Å². The molecule has 0 saturated heterocycles. The maximum absolute atomic E-state index is 12.1. The third-order valence-electron chi connectivity index (χ3n) is 3.00. The quantitative estimate of drug-likeness (QED) is 0.709. The average molecular weight is 213 g/mol. The molecule has 0 aliphatic rings. The van der Waals surface area contributed by atoms with Crippen molar-refractivity contribution in [3.63, 3.8) is 0 Å². The number of carbonyl (C=O) groups is 1. The van der Waals surface area contributed by atoms with Gasteiger partial charge in [-0.1, -0.05) is 13.0 Å². The van der Waals surface area contributed by atoms with Crippen molar-refractivity contribution in [3.05, 3.63) is 11.6 Å². The Morgan fingerprint density at radius 3 is 2.07 bits per heavy atom. The molecule has 0 radical (unpaired) electrons. The van der Waals surface area contributed by atoms with Crippen LogP contribution in [0.1, 0.15) is 41.0 Å². The largest absolute Gasteiger partial charge is 0.376 e. The maximum Gasteiger partial charge on any atom is 0.258 e. The van der Waals surface area contributed by atoms with E-state index in [0.717, 1.165) is 5.57 Å². The molecule has 0 rings (SSSR count). The SMILES string of the molecule is C/C=C(\C)C(O)(CC)C(=O)N(CC)CC. The van der Waals surface area contributed by atoms with Crippen molar-refractivity contribution >= 4 is 5.91 Å². The van der Waals surface area contributed by atoms with Gasteiger partial charge in [-0.05, 0) is 39.7 Å². The number of allylic oxidation sites excluding steroid dienone is 1. The molecule has 0 heterocycles. The predicted octanol–water partition coefficient (Wildman–Crippen LogP) is 1.96. The van der Waals surface area contributed by atoms with E-state index >= 15 is 0 Å². The van der Waals surface area contributed by atoms with Gasteiger partial charge in [0.15, 0.2) is 5.60 Å². The lowest BCUT2D eigenvalue weighted by Crippen LogP contribution is -2.49. The molecule has 1 amide bonds. The second kappa shape index (κ2) is 5.91. The molecule has 3 heteroatoms. The molecular weight excluding hydrogens is 190 g/mol. The Morgan fingerprint density at radius 1 is 1.33 bits per heavy atom. The molecule has 0 bridgehead atoms. The van der Waals surface area contributed by atoms with Gasteiger partial charge in [-0.3, -0.25) is 4.79 Å². The van der Waals surface area contributed by atoms with E-state index in [1.54, 1.807) is 17.9 Å². The highest BCUT2D eigenvalue weighted by Gasteiger charge is 2.37. The Bertz CT molecular complexity index is 244. The number of amides is 1. The molecule has 3 nitrogen and oxygen atoms in total. The summed E-state index contributed by atoms with van der Waals surface area (Å²) in [5, 5.41) is 10.3. The van der Waals surface area contributed by atoms with Gasteiger partial charge in [-0.2, -0.15) is 0 Å². The van der Waals surface area contributed by atoms with E-state index in [4.69, 9.17) is 0 Å². The standard InChI is InChI=1S/C12H23NO2/c1-6-10(5)12(15,7-2)11(14)13(8-3)9-4/h6,15H,7-9H2,1-5H3/b10-6+. The van der Waals surface area contributed by atoms with Gasteiger partial charge in [0, 0.05) is 13.1 Å². The van der Waals surface area contributed by atoms with E-state index in [2.05, 4.69) is 0 Å². The lowest BCUT2D eigenvalue weighted by atomic mass is 9.90. The van der Waals surface area contributed by atoms with Crippen LogP contribution in [-0.2, 0) is 4.79 Å². The van der Waals surface area contributed by atoms with E-state index in [-0.39, 0.29) is 5.91 Å². The van der Waals surface area contributed by atoms with Crippen molar-refractivity contribution in [2.75, 3.05) is 13.1 Å². The summed E-state index contributed by atoms with van der Waals surface area (Å²) in [7, 11) is 0. The Balaban J connectivity index is 5.04. The monoisotopic (exact) mass is 213 g/mol. The molecule has 0 aromatic rings. The number of hydrogen-bond acceptors (Lipinski definition) is 2. The summed E-state index contributed by atoms with van der Waals surface area (Å²) in [5.41, 5.74) is -0.595. The van der Waals surface area contributed by atoms with Crippen LogP contribution in [0, 0.1) is 0 Å². The van der Waals surface area contributed by atoms with Gasteiger partial charge in [-0.25, -0.2) is 0 Å². The number of carbonyl (C=O) groups excluding carboxylic acids is 1. The molecular formula is C12H23NO2. The maximum atomic E-state index is 12.1. The van der Waals surface area contributed by atoms with Gasteiger partial charge in [0.05, 0.1) is 0 Å². The average Bonchev–Trinajstić information content (AvgIpc) is 2.28. The summed E-state index contributed by atoms with van der Waals surface area (Å²) < 4.78 is 0. The lowest BCUT2D eigenvalue weighted by molar-refractivity contribution is -0.147. The van der Waals surface area contributed by atoms with E-state index in [1.165, 1.54) is 0 Å². The zero-order valence-electron chi connectivity index (χ0n) is 10.5. The first-order chi connectivity index (χ1) is 6.97. The zero-order chi connectivity index (χ0) is 12.1. The predicted molar refractivity (Wildman–Crippen MR) is 62.6 cm³/mol. The third kappa shape index (κ3) is 2.81. The van der Waals surface area contributed by atoms with Gasteiger partial charge in [0.1, 0.15) is 0 Å². The minimum Gasteiger partial charge on any atom is -0.376 e. The van der Waals surface area contributed by atoms with Crippen molar-refractivity contribution in [3.8, 4) is 0 Å². The van der Waals surface area contributed by atoms with Crippen LogP contribution in [-0.4, -0.2) is 34.6 Å². The van der Waals surface area contributed by atoms with Gasteiger partial charge in [0.2, 0.25) is 0 Å². The first-order valence-corrected chi connectivity index (χ1v) is 5.62. The van der Waals surface area contributed by atoms with E-state index < -0.39 is 5.60 Å². The highest BCUT2D eigenvalue weighted by atomic mass is 16.3. The summed E-state index contributed by atoms with van der Waals surface area (Å²) >= 11 is 0. The molecule has 1 N–H and O–H groups in total. The normalized spacial score (nSPS) is 16.0. The molecule has 0 spiro atoms.